The van der Waals surface area contributed by atoms with Gasteiger partial charge in [-0.2, -0.15) is 0 Å². The summed E-state index contributed by atoms with van der Waals surface area (Å²) in [5, 5.41) is 0. The fourth-order valence-corrected chi connectivity index (χ4v) is 1.74. The highest BCUT2D eigenvalue weighted by Gasteiger charge is 2.31. The van der Waals surface area contributed by atoms with Crippen LogP contribution in [0.4, 0.5) is 10.5 Å². The Morgan fingerprint density at radius 1 is 1.47 bits per heavy atom. The molecule has 15 heavy (non-hydrogen) atoms. The summed E-state index contributed by atoms with van der Waals surface area (Å²) < 4.78 is 6.04. The van der Waals surface area contributed by atoms with E-state index < -0.39 is 0 Å². The molecule has 1 aliphatic heterocycles. The van der Waals surface area contributed by atoms with Gasteiger partial charge in [-0.05, 0) is 24.3 Å². The predicted molar refractivity (Wildman–Crippen MR) is 60.8 cm³/mol. The van der Waals surface area contributed by atoms with Gasteiger partial charge in [0.05, 0.1) is 6.54 Å². The van der Waals surface area contributed by atoms with E-state index in [1.54, 1.807) is 4.90 Å². The minimum Gasteiger partial charge on any atom is -0.443 e. The zero-order chi connectivity index (χ0) is 10.8. The molecule has 5 heteroatoms. The number of carbonyl (C=O) groups excluding carboxylic acids is 1. The third-order valence-corrected chi connectivity index (χ3v) is 2.80. The Kier molecular flexibility index (Phi) is 2.93. The van der Waals surface area contributed by atoms with Gasteiger partial charge in [0.25, 0.3) is 0 Å². The van der Waals surface area contributed by atoms with Crippen LogP contribution >= 0.6 is 15.9 Å². The molecular formula is C10H11BrN2O2. The highest BCUT2D eigenvalue weighted by atomic mass is 79.9. The number of anilines is 1. The van der Waals surface area contributed by atoms with E-state index in [0.29, 0.717) is 13.1 Å². The topological polar surface area (TPSA) is 55.6 Å². The first-order valence-corrected chi connectivity index (χ1v) is 5.44. The van der Waals surface area contributed by atoms with Gasteiger partial charge < -0.3 is 10.5 Å². The van der Waals surface area contributed by atoms with E-state index in [9.17, 15) is 4.79 Å². The predicted octanol–water partition coefficient (Wildman–Crippen LogP) is 1.73. The van der Waals surface area contributed by atoms with Gasteiger partial charge in [0.1, 0.15) is 6.10 Å². The molecule has 4 nitrogen and oxygen atoms in total. The summed E-state index contributed by atoms with van der Waals surface area (Å²) in [6, 6.07) is 7.51. The van der Waals surface area contributed by atoms with Crippen LogP contribution in [0, 0.1) is 0 Å². The number of benzene rings is 1. The van der Waals surface area contributed by atoms with Crippen molar-refractivity contribution in [3.05, 3.63) is 28.7 Å². The number of ether oxygens (including phenoxy) is 1. The number of carbonyl (C=O) groups is 1. The molecule has 0 radical (unpaired) electrons. The molecule has 0 aromatic heterocycles. The Hall–Kier alpha value is -1.07. The van der Waals surface area contributed by atoms with E-state index in [-0.39, 0.29) is 12.2 Å². The molecule has 0 bridgehead atoms. The van der Waals surface area contributed by atoms with E-state index in [0.717, 1.165) is 10.2 Å². The van der Waals surface area contributed by atoms with E-state index in [1.807, 2.05) is 24.3 Å². The smallest absolute Gasteiger partial charge is 0.414 e. The summed E-state index contributed by atoms with van der Waals surface area (Å²) in [7, 11) is 0. The zero-order valence-electron chi connectivity index (χ0n) is 8.02. The van der Waals surface area contributed by atoms with Gasteiger partial charge in [-0.1, -0.05) is 15.9 Å². The van der Waals surface area contributed by atoms with Crippen molar-refractivity contribution < 1.29 is 9.53 Å². The molecule has 0 spiro atoms. The zero-order valence-corrected chi connectivity index (χ0v) is 9.61. The lowest BCUT2D eigenvalue weighted by Crippen LogP contribution is -2.27. The van der Waals surface area contributed by atoms with Crippen molar-refractivity contribution in [3.63, 3.8) is 0 Å². The van der Waals surface area contributed by atoms with Gasteiger partial charge in [-0.25, -0.2) is 4.79 Å². The minimum absolute atomic E-state index is 0.193. The maximum atomic E-state index is 11.5. The Morgan fingerprint density at radius 3 is 2.67 bits per heavy atom. The molecule has 2 N–H and O–H groups in total. The number of amides is 1. The van der Waals surface area contributed by atoms with Crippen LogP contribution in [0.5, 0.6) is 0 Å². The van der Waals surface area contributed by atoms with Crippen LogP contribution in [0.1, 0.15) is 0 Å². The average Bonchev–Trinajstić information content (AvgIpc) is 2.61. The Morgan fingerprint density at radius 2 is 2.13 bits per heavy atom. The summed E-state index contributed by atoms with van der Waals surface area (Å²) in [4.78, 5) is 13.1. The Balaban J connectivity index is 2.18. The van der Waals surface area contributed by atoms with Gasteiger partial charge in [0.2, 0.25) is 0 Å². The minimum atomic E-state index is -0.326. The molecule has 1 atom stereocenters. The molecule has 80 valence electrons. The summed E-state index contributed by atoms with van der Waals surface area (Å²) in [5.74, 6) is 0. The second-order valence-electron chi connectivity index (χ2n) is 3.33. The molecule has 0 saturated carbocycles. The molecule has 1 aliphatic rings. The van der Waals surface area contributed by atoms with Crippen molar-refractivity contribution in [2.45, 2.75) is 6.10 Å². The fourth-order valence-electron chi connectivity index (χ4n) is 1.48. The van der Waals surface area contributed by atoms with E-state index in [4.69, 9.17) is 10.5 Å². The van der Waals surface area contributed by atoms with Gasteiger partial charge in [0, 0.05) is 16.7 Å². The lowest BCUT2D eigenvalue weighted by molar-refractivity contribution is 0.145. The first-order valence-electron chi connectivity index (χ1n) is 4.64. The summed E-state index contributed by atoms with van der Waals surface area (Å²) in [5.41, 5.74) is 6.28. The lowest BCUT2D eigenvalue weighted by atomic mass is 10.3. The van der Waals surface area contributed by atoms with Crippen molar-refractivity contribution in [1.82, 2.24) is 0 Å². The van der Waals surface area contributed by atoms with Crippen molar-refractivity contribution in [3.8, 4) is 0 Å². The van der Waals surface area contributed by atoms with E-state index in [1.165, 1.54) is 0 Å². The normalized spacial score (nSPS) is 20.5. The van der Waals surface area contributed by atoms with Gasteiger partial charge >= 0.3 is 6.09 Å². The standard InChI is InChI=1S/C10H11BrN2O2/c11-7-1-3-8(4-2-7)13-6-9(5-12)15-10(13)14/h1-4,9H,5-6,12H2/t9-/m1/s1. The molecule has 1 amide bonds. The molecule has 1 aromatic carbocycles. The molecule has 0 aliphatic carbocycles. The van der Waals surface area contributed by atoms with E-state index >= 15 is 0 Å². The van der Waals surface area contributed by atoms with Crippen LogP contribution < -0.4 is 10.6 Å². The van der Waals surface area contributed by atoms with Crippen LogP contribution in [-0.4, -0.2) is 25.3 Å². The molecule has 0 unspecified atom stereocenters. The summed E-state index contributed by atoms with van der Waals surface area (Å²) >= 11 is 3.34. The van der Waals surface area contributed by atoms with Crippen LogP contribution in [0.15, 0.2) is 28.7 Å². The average molecular weight is 271 g/mol. The highest BCUT2D eigenvalue weighted by Crippen LogP contribution is 2.23. The van der Waals surface area contributed by atoms with Crippen molar-refractivity contribution in [2.24, 2.45) is 5.73 Å². The second-order valence-corrected chi connectivity index (χ2v) is 4.24. The van der Waals surface area contributed by atoms with Gasteiger partial charge in [0.15, 0.2) is 0 Å². The number of halogens is 1. The molecule has 1 heterocycles. The third kappa shape index (κ3) is 2.13. The maximum Gasteiger partial charge on any atom is 0.414 e. The second kappa shape index (κ2) is 4.20. The van der Waals surface area contributed by atoms with Crippen molar-refractivity contribution >= 4 is 27.7 Å². The highest BCUT2D eigenvalue weighted by molar-refractivity contribution is 9.10. The molecule has 2 rings (SSSR count). The fraction of sp³-hybridized carbons (Fsp3) is 0.300. The number of rotatable bonds is 2. The number of nitrogens with two attached hydrogens (primary N) is 1. The number of hydrogen-bond donors (Lipinski definition) is 1. The van der Waals surface area contributed by atoms with Crippen LogP contribution in [0.3, 0.4) is 0 Å². The van der Waals surface area contributed by atoms with Crippen LogP contribution in [0.25, 0.3) is 0 Å². The summed E-state index contributed by atoms with van der Waals surface area (Å²) in [6.45, 7) is 0.885. The van der Waals surface area contributed by atoms with E-state index in [2.05, 4.69) is 15.9 Å². The maximum absolute atomic E-state index is 11.5. The first-order chi connectivity index (χ1) is 7.20. The Labute approximate surface area is 96.1 Å². The SMILES string of the molecule is NC[C@@H]1CN(c2ccc(Br)cc2)C(=O)O1. The van der Waals surface area contributed by atoms with Crippen LogP contribution in [0.2, 0.25) is 0 Å². The van der Waals surface area contributed by atoms with Crippen LogP contribution in [-0.2, 0) is 4.74 Å². The number of cyclic esters (lactones) is 1. The molecule has 1 fully saturated rings. The molecule has 1 aromatic rings. The summed E-state index contributed by atoms with van der Waals surface area (Å²) in [6.07, 6.45) is -0.520. The van der Waals surface area contributed by atoms with Gasteiger partial charge in [-0.15, -0.1) is 0 Å². The third-order valence-electron chi connectivity index (χ3n) is 2.28. The Bertz CT molecular complexity index is 366. The number of hydrogen-bond acceptors (Lipinski definition) is 3. The van der Waals surface area contributed by atoms with Crippen molar-refractivity contribution in [1.29, 1.82) is 0 Å². The lowest BCUT2D eigenvalue weighted by Gasteiger charge is -2.12. The molecular weight excluding hydrogens is 260 g/mol. The largest absolute Gasteiger partial charge is 0.443 e. The quantitative estimate of drug-likeness (QED) is 0.891. The molecule has 1 saturated heterocycles. The number of nitrogens with zero attached hydrogens (tertiary/aromatic N) is 1. The van der Waals surface area contributed by atoms with Gasteiger partial charge in [-0.3, -0.25) is 4.90 Å². The van der Waals surface area contributed by atoms with Crippen molar-refractivity contribution in [2.75, 3.05) is 18.0 Å². The first kappa shape index (κ1) is 10.4. The monoisotopic (exact) mass is 270 g/mol.